The molecule has 2 aromatic carbocycles. The molecule has 122 valence electrons. The molecule has 0 unspecified atom stereocenters. The minimum absolute atomic E-state index is 0.350. The van der Waals surface area contributed by atoms with Gasteiger partial charge in [0.2, 0.25) is 0 Å². The fourth-order valence-corrected chi connectivity index (χ4v) is 2.68. The van der Waals surface area contributed by atoms with Crippen molar-refractivity contribution in [2.75, 3.05) is 7.11 Å². The number of hydrogen-bond donors (Lipinski definition) is 2. The maximum Gasteiger partial charge on any atom is 0.253 e. The highest BCUT2D eigenvalue weighted by Gasteiger charge is 2.34. The molecular formula is C20H19NO3. The molecule has 0 spiro atoms. The topological polar surface area (TPSA) is 58.6 Å². The molecule has 0 radical (unpaired) electrons. The van der Waals surface area contributed by atoms with Crippen molar-refractivity contribution in [3.8, 4) is 0 Å². The summed E-state index contributed by atoms with van der Waals surface area (Å²) in [5.74, 6) is -0.350. The van der Waals surface area contributed by atoms with E-state index in [-0.39, 0.29) is 5.91 Å². The molecule has 0 saturated heterocycles. The zero-order valence-electron chi connectivity index (χ0n) is 13.3. The number of carbonyl (C=O) groups is 1. The third-order valence-corrected chi connectivity index (χ3v) is 4.08. The highest BCUT2D eigenvalue weighted by molar-refractivity contribution is 5.94. The minimum atomic E-state index is -1.55. The van der Waals surface area contributed by atoms with E-state index in [1.165, 1.54) is 12.2 Å². The minimum Gasteiger partial charge on any atom is -0.365 e. The lowest BCUT2D eigenvalue weighted by Gasteiger charge is -2.34. The largest absolute Gasteiger partial charge is 0.365 e. The van der Waals surface area contributed by atoms with Crippen molar-refractivity contribution < 1.29 is 14.6 Å². The Kier molecular flexibility index (Phi) is 4.34. The number of hydrogen-bond acceptors (Lipinski definition) is 3. The summed E-state index contributed by atoms with van der Waals surface area (Å²) in [5, 5.41) is 13.2. The second kappa shape index (κ2) is 6.43. The standard InChI is InChI=1S/C20H19NO3/c1-24-19(17-10-6-3-7-11-17)12-14-20(23,15-13-19)21-18(22)16-8-4-2-5-9-16/h2-15,23H,1H3,(H,21,22). The molecule has 3 rings (SSSR count). The average molecular weight is 321 g/mol. The Morgan fingerprint density at radius 2 is 1.46 bits per heavy atom. The van der Waals surface area contributed by atoms with Crippen molar-refractivity contribution in [2.24, 2.45) is 0 Å². The van der Waals surface area contributed by atoms with E-state index in [4.69, 9.17) is 4.74 Å². The quantitative estimate of drug-likeness (QED) is 0.672. The van der Waals surface area contributed by atoms with Crippen LogP contribution in [-0.4, -0.2) is 23.8 Å². The van der Waals surface area contributed by atoms with Gasteiger partial charge in [0.25, 0.3) is 5.91 Å². The van der Waals surface area contributed by atoms with Gasteiger partial charge in [0.15, 0.2) is 5.72 Å². The van der Waals surface area contributed by atoms with Gasteiger partial charge in [-0.05, 0) is 42.0 Å². The summed E-state index contributed by atoms with van der Waals surface area (Å²) in [6, 6.07) is 18.4. The van der Waals surface area contributed by atoms with Crippen LogP contribution in [-0.2, 0) is 10.3 Å². The Balaban J connectivity index is 1.81. The van der Waals surface area contributed by atoms with Crippen LogP contribution in [0.25, 0.3) is 0 Å². The lowest BCUT2D eigenvalue weighted by molar-refractivity contribution is 0.0481. The molecule has 0 bridgehead atoms. The first-order chi connectivity index (χ1) is 11.6. The van der Waals surface area contributed by atoms with Crippen molar-refractivity contribution in [2.45, 2.75) is 11.3 Å². The maximum atomic E-state index is 12.2. The molecule has 0 heterocycles. The van der Waals surface area contributed by atoms with Gasteiger partial charge < -0.3 is 15.2 Å². The molecule has 0 fully saturated rings. The Morgan fingerprint density at radius 3 is 2.00 bits per heavy atom. The smallest absolute Gasteiger partial charge is 0.253 e. The second-order valence-corrected chi connectivity index (χ2v) is 5.68. The summed E-state index contributed by atoms with van der Waals surface area (Å²) in [5.41, 5.74) is -0.884. The predicted octanol–water partition coefficient (Wildman–Crippen LogP) is 2.77. The SMILES string of the molecule is COC1(c2ccccc2)C=CC(O)(NC(=O)c2ccccc2)C=C1. The van der Waals surface area contributed by atoms with Crippen LogP contribution in [0.5, 0.6) is 0 Å². The summed E-state index contributed by atoms with van der Waals surface area (Å²) in [6.45, 7) is 0. The number of amides is 1. The van der Waals surface area contributed by atoms with E-state index in [2.05, 4.69) is 5.32 Å². The molecule has 1 aliphatic rings. The number of nitrogens with one attached hydrogen (secondary N) is 1. The lowest BCUT2D eigenvalue weighted by atomic mass is 9.87. The number of rotatable bonds is 4. The Labute approximate surface area is 141 Å². The fraction of sp³-hybridized carbons (Fsp3) is 0.150. The first-order valence-electron chi connectivity index (χ1n) is 7.68. The van der Waals surface area contributed by atoms with E-state index >= 15 is 0 Å². The lowest BCUT2D eigenvalue weighted by Crippen LogP contribution is -2.47. The molecule has 2 N–H and O–H groups in total. The monoisotopic (exact) mass is 321 g/mol. The Morgan fingerprint density at radius 1 is 0.917 bits per heavy atom. The third-order valence-electron chi connectivity index (χ3n) is 4.08. The van der Waals surface area contributed by atoms with Crippen LogP contribution in [0.2, 0.25) is 0 Å². The molecule has 4 nitrogen and oxygen atoms in total. The average Bonchev–Trinajstić information content (AvgIpc) is 2.64. The van der Waals surface area contributed by atoms with Gasteiger partial charge in [-0.1, -0.05) is 48.5 Å². The van der Waals surface area contributed by atoms with Gasteiger partial charge in [-0.3, -0.25) is 4.79 Å². The molecule has 0 saturated carbocycles. The first-order valence-corrected chi connectivity index (χ1v) is 7.68. The van der Waals surface area contributed by atoms with Crippen molar-refractivity contribution in [1.82, 2.24) is 5.32 Å². The van der Waals surface area contributed by atoms with Crippen LogP contribution in [0.3, 0.4) is 0 Å². The number of methoxy groups -OCH3 is 1. The zero-order chi connectivity index (χ0) is 17.0. The Hall–Kier alpha value is -2.69. The first kappa shape index (κ1) is 16.2. The van der Waals surface area contributed by atoms with Gasteiger partial charge in [-0.15, -0.1) is 0 Å². The molecule has 0 aliphatic heterocycles. The van der Waals surface area contributed by atoms with E-state index in [1.807, 2.05) is 36.4 Å². The predicted molar refractivity (Wildman–Crippen MR) is 92.3 cm³/mol. The number of benzene rings is 2. The molecule has 1 aliphatic carbocycles. The molecule has 1 amide bonds. The van der Waals surface area contributed by atoms with E-state index in [0.717, 1.165) is 5.56 Å². The van der Waals surface area contributed by atoms with Gasteiger partial charge in [0.05, 0.1) is 0 Å². The summed E-state index contributed by atoms with van der Waals surface area (Å²) in [7, 11) is 1.61. The molecule has 4 heteroatoms. The summed E-state index contributed by atoms with van der Waals surface area (Å²) >= 11 is 0. The summed E-state index contributed by atoms with van der Waals surface area (Å²) in [6.07, 6.45) is 6.55. The zero-order valence-corrected chi connectivity index (χ0v) is 13.3. The van der Waals surface area contributed by atoms with Gasteiger partial charge in [0.1, 0.15) is 5.60 Å². The van der Waals surface area contributed by atoms with E-state index in [1.54, 1.807) is 43.5 Å². The van der Waals surface area contributed by atoms with Crippen molar-refractivity contribution in [3.05, 3.63) is 96.1 Å². The van der Waals surface area contributed by atoms with E-state index < -0.39 is 11.3 Å². The van der Waals surface area contributed by atoms with E-state index in [9.17, 15) is 9.90 Å². The summed E-state index contributed by atoms with van der Waals surface area (Å²) in [4.78, 5) is 12.2. The molecule has 0 aromatic heterocycles. The highest BCUT2D eigenvalue weighted by atomic mass is 16.5. The number of ether oxygens (including phenoxy) is 1. The molecule has 0 atom stereocenters. The van der Waals surface area contributed by atoms with Crippen LogP contribution in [0, 0.1) is 0 Å². The van der Waals surface area contributed by atoms with Crippen molar-refractivity contribution in [3.63, 3.8) is 0 Å². The van der Waals surface area contributed by atoms with Crippen LogP contribution >= 0.6 is 0 Å². The third kappa shape index (κ3) is 3.15. The fourth-order valence-electron chi connectivity index (χ4n) is 2.68. The second-order valence-electron chi connectivity index (χ2n) is 5.68. The van der Waals surface area contributed by atoms with Crippen LogP contribution in [0.1, 0.15) is 15.9 Å². The van der Waals surface area contributed by atoms with E-state index in [0.29, 0.717) is 5.56 Å². The van der Waals surface area contributed by atoms with Gasteiger partial charge in [-0.25, -0.2) is 0 Å². The van der Waals surface area contributed by atoms with Crippen LogP contribution in [0.4, 0.5) is 0 Å². The maximum absolute atomic E-state index is 12.2. The van der Waals surface area contributed by atoms with Crippen LogP contribution < -0.4 is 5.32 Å². The van der Waals surface area contributed by atoms with Crippen LogP contribution in [0.15, 0.2) is 85.0 Å². The van der Waals surface area contributed by atoms with Crippen molar-refractivity contribution >= 4 is 5.91 Å². The highest BCUT2D eigenvalue weighted by Crippen LogP contribution is 2.33. The van der Waals surface area contributed by atoms with Crippen molar-refractivity contribution in [1.29, 1.82) is 0 Å². The van der Waals surface area contributed by atoms with Gasteiger partial charge in [0, 0.05) is 12.7 Å². The number of carbonyl (C=O) groups excluding carboxylic acids is 1. The Bertz CT molecular complexity index is 752. The molecule has 2 aromatic rings. The normalized spacial score (nSPS) is 25.4. The van der Waals surface area contributed by atoms with Gasteiger partial charge in [-0.2, -0.15) is 0 Å². The van der Waals surface area contributed by atoms with Gasteiger partial charge >= 0.3 is 0 Å². The molecule has 24 heavy (non-hydrogen) atoms. The number of aliphatic hydroxyl groups is 1. The molecular weight excluding hydrogens is 302 g/mol. The summed E-state index contributed by atoms with van der Waals surface area (Å²) < 4.78 is 5.65.